The Labute approximate surface area is 124 Å². The van der Waals surface area contributed by atoms with E-state index in [1.165, 1.54) is 0 Å². The second-order valence-corrected chi connectivity index (χ2v) is 8.28. The minimum atomic E-state index is -4.55. The Morgan fingerprint density at radius 1 is 1.05 bits per heavy atom. The largest absolute Gasteiger partial charge is 0.286 e. The van der Waals surface area contributed by atoms with Crippen LogP contribution in [-0.4, -0.2) is 36.9 Å². The lowest BCUT2D eigenvalue weighted by Gasteiger charge is -2.19. The molecule has 0 saturated carbocycles. The van der Waals surface area contributed by atoms with Gasteiger partial charge in [-0.1, -0.05) is 35.9 Å². The number of hydrogen-bond acceptors (Lipinski definition) is 4. The molecule has 0 aliphatic heterocycles. The summed E-state index contributed by atoms with van der Waals surface area (Å²) in [4.78, 5) is 0. The highest BCUT2D eigenvalue weighted by Crippen LogP contribution is 2.27. The maximum Gasteiger partial charge on any atom is 0.269 e. The monoisotopic (exact) mass is 332 g/mol. The minimum absolute atomic E-state index is 0.118. The minimum Gasteiger partial charge on any atom is -0.286 e. The summed E-state index contributed by atoms with van der Waals surface area (Å²) in [5.41, 5.74) is 2.83. The average Bonchev–Trinajstić information content (AvgIpc) is 2.35. The van der Waals surface area contributed by atoms with E-state index in [2.05, 4.69) is 0 Å². The van der Waals surface area contributed by atoms with Gasteiger partial charge in [0, 0.05) is 0 Å². The van der Waals surface area contributed by atoms with Crippen molar-refractivity contribution >= 4 is 26.3 Å². The summed E-state index contributed by atoms with van der Waals surface area (Å²) in [6.45, 7) is 0. The molecule has 8 heteroatoms. The summed E-state index contributed by atoms with van der Waals surface area (Å²) < 4.78 is 62.3. The number of benzene rings is 1. The van der Waals surface area contributed by atoms with E-state index >= 15 is 0 Å². The molecule has 6 nitrogen and oxygen atoms in total. The molecule has 0 saturated heterocycles. The first-order valence-electron chi connectivity index (χ1n) is 6.34. The zero-order chi connectivity index (χ0) is 15.7. The third kappa shape index (κ3) is 4.63. The molecule has 1 aliphatic carbocycles. The van der Waals surface area contributed by atoms with Gasteiger partial charge in [-0.3, -0.25) is 9.11 Å². The Hall–Kier alpha value is -1.22. The standard InChI is InChI=1S/C13H16O6S2/c14-20(15,16)9-13(21(17,18)19)8-10-5-6-11-3-1-2-4-12(11)7-10/h1-4,7,13H,5-6,8-9H2,(H,14,15,16)(H,17,18,19). The summed E-state index contributed by atoms with van der Waals surface area (Å²) in [5, 5.41) is -1.55. The summed E-state index contributed by atoms with van der Waals surface area (Å²) in [7, 11) is -9.04. The van der Waals surface area contributed by atoms with Crippen molar-refractivity contribution in [2.45, 2.75) is 24.5 Å². The lowest BCUT2D eigenvalue weighted by molar-refractivity contribution is 0.456. The van der Waals surface area contributed by atoms with Crippen molar-refractivity contribution in [1.29, 1.82) is 0 Å². The lowest BCUT2D eigenvalue weighted by Crippen LogP contribution is -2.29. The van der Waals surface area contributed by atoms with Gasteiger partial charge in [-0.15, -0.1) is 0 Å². The van der Waals surface area contributed by atoms with Gasteiger partial charge in [-0.2, -0.15) is 16.8 Å². The van der Waals surface area contributed by atoms with Crippen LogP contribution in [-0.2, 0) is 26.7 Å². The molecule has 0 spiro atoms. The lowest BCUT2D eigenvalue weighted by atomic mass is 9.90. The predicted octanol–water partition coefficient (Wildman–Crippen LogP) is 1.55. The first-order valence-corrected chi connectivity index (χ1v) is 9.45. The van der Waals surface area contributed by atoms with Crippen molar-refractivity contribution in [1.82, 2.24) is 0 Å². The quantitative estimate of drug-likeness (QED) is 0.792. The van der Waals surface area contributed by atoms with Gasteiger partial charge >= 0.3 is 0 Å². The van der Waals surface area contributed by atoms with E-state index in [9.17, 15) is 16.8 Å². The summed E-state index contributed by atoms with van der Waals surface area (Å²) >= 11 is 0. The van der Waals surface area contributed by atoms with E-state index in [0.717, 1.165) is 23.1 Å². The average molecular weight is 332 g/mol. The van der Waals surface area contributed by atoms with E-state index in [0.29, 0.717) is 6.42 Å². The van der Waals surface area contributed by atoms with Crippen LogP contribution in [0.5, 0.6) is 0 Å². The molecule has 0 bridgehead atoms. The van der Waals surface area contributed by atoms with Crippen LogP contribution >= 0.6 is 0 Å². The SMILES string of the molecule is O=S(=O)(O)CC(CC1=Cc2ccccc2CC1)S(=O)(=O)O. The molecule has 1 unspecified atom stereocenters. The number of allylic oxidation sites excluding steroid dienone is 1. The molecule has 1 aromatic carbocycles. The van der Waals surface area contributed by atoms with Crippen LogP contribution in [0.4, 0.5) is 0 Å². The van der Waals surface area contributed by atoms with Gasteiger partial charge in [-0.05, 0) is 30.4 Å². The number of rotatable bonds is 5. The van der Waals surface area contributed by atoms with Crippen LogP contribution in [0.2, 0.25) is 0 Å². The fraction of sp³-hybridized carbons (Fsp3) is 0.385. The maximum absolute atomic E-state index is 11.3. The van der Waals surface area contributed by atoms with Crippen LogP contribution in [0.3, 0.4) is 0 Å². The highest BCUT2D eigenvalue weighted by atomic mass is 32.2. The van der Waals surface area contributed by atoms with Crippen molar-refractivity contribution in [3.8, 4) is 0 Å². The highest BCUT2D eigenvalue weighted by Gasteiger charge is 2.29. The first kappa shape index (κ1) is 16.2. The Bertz CT molecular complexity index is 762. The fourth-order valence-electron chi connectivity index (χ4n) is 2.43. The number of fused-ring (bicyclic) bond motifs is 1. The van der Waals surface area contributed by atoms with Crippen molar-refractivity contribution < 1.29 is 25.9 Å². The van der Waals surface area contributed by atoms with Crippen molar-refractivity contribution in [3.05, 3.63) is 41.0 Å². The molecular weight excluding hydrogens is 316 g/mol. The smallest absolute Gasteiger partial charge is 0.269 e. The molecule has 0 radical (unpaired) electrons. The maximum atomic E-state index is 11.3. The third-order valence-electron chi connectivity index (χ3n) is 3.44. The van der Waals surface area contributed by atoms with Gasteiger partial charge in [0.25, 0.3) is 20.2 Å². The van der Waals surface area contributed by atoms with Gasteiger partial charge < -0.3 is 0 Å². The zero-order valence-electron chi connectivity index (χ0n) is 11.1. The van der Waals surface area contributed by atoms with Crippen LogP contribution < -0.4 is 0 Å². The molecule has 0 fully saturated rings. The van der Waals surface area contributed by atoms with Gasteiger partial charge in [0.15, 0.2) is 0 Å². The summed E-state index contributed by atoms with van der Waals surface area (Å²) in [6.07, 6.45) is 3.01. The molecule has 0 amide bonds. The van der Waals surface area contributed by atoms with E-state index in [1.54, 1.807) is 6.08 Å². The third-order valence-corrected chi connectivity index (χ3v) is 5.65. The number of aryl methyl sites for hydroxylation is 1. The van der Waals surface area contributed by atoms with E-state index in [-0.39, 0.29) is 6.42 Å². The van der Waals surface area contributed by atoms with Gasteiger partial charge in [0.05, 0.1) is 5.75 Å². The van der Waals surface area contributed by atoms with Crippen molar-refractivity contribution in [2.24, 2.45) is 0 Å². The summed E-state index contributed by atoms with van der Waals surface area (Å²) in [5.74, 6) is -1.01. The van der Waals surface area contributed by atoms with Crippen molar-refractivity contribution in [2.75, 3.05) is 5.75 Å². The molecule has 2 N–H and O–H groups in total. The molecule has 1 aliphatic rings. The Morgan fingerprint density at radius 2 is 1.71 bits per heavy atom. The van der Waals surface area contributed by atoms with E-state index in [1.807, 2.05) is 24.3 Å². The molecule has 116 valence electrons. The topological polar surface area (TPSA) is 109 Å². The molecule has 2 rings (SSSR count). The molecule has 21 heavy (non-hydrogen) atoms. The van der Waals surface area contributed by atoms with Gasteiger partial charge in [0.1, 0.15) is 5.25 Å². The van der Waals surface area contributed by atoms with Gasteiger partial charge in [-0.25, -0.2) is 0 Å². The molecule has 1 atom stereocenters. The highest BCUT2D eigenvalue weighted by molar-refractivity contribution is 7.90. The van der Waals surface area contributed by atoms with Crippen LogP contribution in [0.1, 0.15) is 24.0 Å². The molecular formula is C13H16O6S2. The Kier molecular flexibility index (Phi) is 4.52. The first-order chi connectivity index (χ1) is 9.65. The van der Waals surface area contributed by atoms with E-state index < -0.39 is 31.2 Å². The molecule has 0 aromatic heterocycles. The van der Waals surface area contributed by atoms with Crippen LogP contribution in [0.25, 0.3) is 6.08 Å². The Morgan fingerprint density at radius 3 is 2.33 bits per heavy atom. The second-order valence-electron chi connectivity index (χ2n) is 5.09. The van der Waals surface area contributed by atoms with Crippen LogP contribution in [0.15, 0.2) is 29.8 Å². The summed E-state index contributed by atoms with van der Waals surface area (Å²) in [6, 6.07) is 7.63. The van der Waals surface area contributed by atoms with Gasteiger partial charge in [0.2, 0.25) is 0 Å². The predicted molar refractivity (Wildman–Crippen MR) is 79.1 cm³/mol. The van der Waals surface area contributed by atoms with E-state index in [4.69, 9.17) is 9.11 Å². The normalized spacial score (nSPS) is 17.0. The number of hydrogen-bond donors (Lipinski definition) is 2. The van der Waals surface area contributed by atoms with Crippen LogP contribution in [0, 0.1) is 0 Å². The second kappa shape index (κ2) is 5.88. The van der Waals surface area contributed by atoms with Crippen molar-refractivity contribution in [3.63, 3.8) is 0 Å². The molecule has 0 heterocycles. The zero-order valence-corrected chi connectivity index (χ0v) is 12.8. The Balaban J connectivity index is 2.25. The fourth-order valence-corrected chi connectivity index (χ4v) is 4.64. The molecule has 1 aromatic rings.